The molecule has 0 aromatic rings. The minimum atomic E-state index is -1.15. The Morgan fingerprint density at radius 3 is 2.11 bits per heavy atom. The highest BCUT2D eigenvalue weighted by molar-refractivity contribution is 6.12. The highest BCUT2D eigenvalue weighted by Crippen LogP contribution is 2.68. The lowest BCUT2D eigenvalue weighted by Crippen LogP contribution is -2.48. The molecule has 0 heterocycles. The van der Waals surface area contributed by atoms with Gasteiger partial charge in [0.15, 0.2) is 5.78 Å². The quantitative estimate of drug-likeness (QED) is 0.545. The van der Waals surface area contributed by atoms with Gasteiger partial charge in [-0.25, -0.2) is 0 Å². The van der Waals surface area contributed by atoms with E-state index in [1.54, 1.807) is 13.8 Å². The molecule has 2 aliphatic rings. The molecule has 5 heteroatoms. The van der Waals surface area contributed by atoms with Crippen molar-refractivity contribution in [1.82, 2.24) is 0 Å². The summed E-state index contributed by atoms with van der Waals surface area (Å²) in [5.74, 6) is -1.12. The van der Waals surface area contributed by atoms with Crippen LogP contribution in [0.25, 0.3) is 0 Å². The smallest absolute Gasteiger partial charge is 0.319 e. The second-order valence-corrected chi connectivity index (χ2v) is 5.78. The Morgan fingerprint density at radius 2 is 1.61 bits per heavy atom. The van der Waals surface area contributed by atoms with Crippen molar-refractivity contribution in [3.8, 4) is 0 Å². The molecule has 0 amide bonds. The summed E-state index contributed by atoms with van der Waals surface area (Å²) in [4.78, 5) is 36.6. The fourth-order valence-corrected chi connectivity index (χ4v) is 3.75. The van der Waals surface area contributed by atoms with Crippen molar-refractivity contribution in [2.45, 2.75) is 33.1 Å². The average Bonchev–Trinajstić information content (AvgIpc) is 2.84. The highest BCUT2D eigenvalue weighted by atomic mass is 16.5. The van der Waals surface area contributed by atoms with Crippen LogP contribution in [0, 0.1) is 16.2 Å². The van der Waals surface area contributed by atoms with Crippen LogP contribution in [0.4, 0.5) is 0 Å². The minimum absolute atomic E-state index is 0.196. The van der Waals surface area contributed by atoms with E-state index in [1.807, 2.05) is 0 Å². The van der Waals surface area contributed by atoms with Gasteiger partial charge in [-0.05, 0) is 19.3 Å². The lowest BCUT2D eigenvalue weighted by atomic mass is 9.63. The maximum absolute atomic E-state index is 12.5. The minimum Gasteiger partial charge on any atom is -0.469 e. The number of methoxy groups -OCH3 is 2. The summed E-state index contributed by atoms with van der Waals surface area (Å²) in [6.45, 7) is 3.44. The van der Waals surface area contributed by atoms with Crippen molar-refractivity contribution < 1.29 is 23.9 Å². The topological polar surface area (TPSA) is 69.7 Å². The van der Waals surface area contributed by atoms with E-state index < -0.39 is 28.2 Å². The van der Waals surface area contributed by atoms with Crippen molar-refractivity contribution in [2.75, 3.05) is 14.2 Å². The highest BCUT2D eigenvalue weighted by Gasteiger charge is 2.76. The molecule has 0 N–H and O–H groups in total. The normalized spacial score (nSPS) is 36.6. The third-order valence-electron chi connectivity index (χ3n) is 4.93. The third-order valence-corrected chi connectivity index (χ3v) is 4.93. The van der Waals surface area contributed by atoms with Crippen LogP contribution < -0.4 is 0 Å². The van der Waals surface area contributed by atoms with E-state index >= 15 is 0 Å². The molecule has 0 unspecified atom stereocenters. The number of carbonyl (C=O) groups excluding carboxylic acids is 3. The van der Waals surface area contributed by atoms with E-state index in [0.29, 0.717) is 12.8 Å². The molecule has 2 saturated carbocycles. The SMILES string of the molecule is COC(=O)[C@]12CC[C@@](C(=O)OC)(C1)C(C)(C)C2=O. The van der Waals surface area contributed by atoms with Gasteiger partial charge in [0.2, 0.25) is 0 Å². The molecule has 5 nitrogen and oxygen atoms in total. The van der Waals surface area contributed by atoms with E-state index in [-0.39, 0.29) is 12.2 Å². The number of hydrogen-bond acceptors (Lipinski definition) is 5. The molecular formula is C13H18O5. The van der Waals surface area contributed by atoms with Gasteiger partial charge in [-0.3, -0.25) is 14.4 Å². The van der Waals surface area contributed by atoms with E-state index in [4.69, 9.17) is 9.47 Å². The summed E-state index contributed by atoms with van der Waals surface area (Å²) >= 11 is 0. The molecule has 2 rings (SSSR count). The van der Waals surface area contributed by atoms with Gasteiger partial charge in [0.05, 0.1) is 19.6 Å². The molecule has 0 aliphatic heterocycles. The summed E-state index contributed by atoms with van der Waals surface area (Å²) in [7, 11) is 2.59. The lowest BCUT2D eigenvalue weighted by molar-refractivity contribution is -0.165. The zero-order valence-electron chi connectivity index (χ0n) is 11.2. The Hall–Kier alpha value is -1.39. The molecule has 2 bridgehead atoms. The van der Waals surface area contributed by atoms with Crippen LogP contribution in [-0.2, 0) is 23.9 Å². The first-order valence-electron chi connectivity index (χ1n) is 6.00. The maximum atomic E-state index is 12.5. The number of rotatable bonds is 2. The van der Waals surface area contributed by atoms with E-state index in [0.717, 1.165) is 0 Å². The molecular weight excluding hydrogens is 236 g/mol. The molecule has 2 atom stereocenters. The molecule has 18 heavy (non-hydrogen) atoms. The first-order chi connectivity index (χ1) is 8.28. The first kappa shape index (κ1) is 13.1. The summed E-state index contributed by atoms with van der Waals surface area (Å²) in [5, 5.41) is 0. The van der Waals surface area contributed by atoms with Crippen LogP contribution in [0.3, 0.4) is 0 Å². The van der Waals surface area contributed by atoms with Gasteiger partial charge in [-0.15, -0.1) is 0 Å². The number of hydrogen-bond donors (Lipinski definition) is 0. The van der Waals surface area contributed by atoms with Crippen molar-refractivity contribution in [3.63, 3.8) is 0 Å². The Bertz CT molecular complexity index is 439. The van der Waals surface area contributed by atoms with Gasteiger partial charge in [0, 0.05) is 5.41 Å². The standard InChI is InChI=1S/C13H18O5/c1-11(2)8(14)12(9(15)17-3)5-6-13(11,7-12)10(16)18-4/h5-7H2,1-4H3/t12-,13+/m1/s1. The van der Waals surface area contributed by atoms with Crippen LogP contribution in [0.15, 0.2) is 0 Å². The second kappa shape index (κ2) is 3.56. The van der Waals surface area contributed by atoms with E-state index in [1.165, 1.54) is 14.2 Å². The van der Waals surface area contributed by atoms with Crippen LogP contribution in [0.5, 0.6) is 0 Å². The number of Topliss-reactive ketones (excluding diaryl/α,β-unsaturated/α-hetero) is 1. The Balaban J connectivity index is 2.54. The van der Waals surface area contributed by atoms with Crippen LogP contribution in [-0.4, -0.2) is 31.9 Å². The van der Waals surface area contributed by atoms with Crippen molar-refractivity contribution in [1.29, 1.82) is 0 Å². The summed E-state index contributed by atoms with van der Waals surface area (Å²) in [6.07, 6.45) is 1.08. The van der Waals surface area contributed by atoms with Gasteiger partial charge in [0.25, 0.3) is 0 Å². The predicted octanol–water partition coefficient (Wildman–Crippen LogP) is 1.10. The summed E-state index contributed by atoms with van der Waals surface area (Å²) in [6, 6.07) is 0. The second-order valence-electron chi connectivity index (χ2n) is 5.78. The van der Waals surface area contributed by atoms with Gasteiger partial charge in [0.1, 0.15) is 5.41 Å². The van der Waals surface area contributed by atoms with E-state index in [2.05, 4.69) is 0 Å². The van der Waals surface area contributed by atoms with Gasteiger partial charge in [-0.1, -0.05) is 13.8 Å². The predicted molar refractivity (Wildman–Crippen MR) is 61.5 cm³/mol. The lowest BCUT2D eigenvalue weighted by Gasteiger charge is -2.38. The van der Waals surface area contributed by atoms with Gasteiger partial charge >= 0.3 is 11.9 Å². The van der Waals surface area contributed by atoms with Crippen LogP contribution >= 0.6 is 0 Å². The van der Waals surface area contributed by atoms with E-state index in [9.17, 15) is 14.4 Å². The van der Waals surface area contributed by atoms with Crippen molar-refractivity contribution in [2.24, 2.45) is 16.2 Å². The van der Waals surface area contributed by atoms with Gasteiger partial charge in [-0.2, -0.15) is 0 Å². The number of ketones is 1. The largest absolute Gasteiger partial charge is 0.469 e. The molecule has 0 saturated heterocycles. The average molecular weight is 254 g/mol. The summed E-state index contributed by atoms with van der Waals surface area (Å²) < 4.78 is 9.62. The number of esters is 2. The Morgan fingerprint density at radius 1 is 1.06 bits per heavy atom. The molecule has 0 aromatic carbocycles. The molecule has 100 valence electrons. The Labute approximate surface area is 106 Å². The summed E-state index contributed by atoms with van der Waals surface area (Å²) in [5.41, 5.74) is -2.91. The molecule has 0 radical (unpaired) electrons. The fourth-order valence-electron chi connectivity index (χ4n) is 3.75. The van der Waals surface area contributed by atoms with Gasteiger partial charge < -0.3 is 9.47 Å². The van der Waals surface area contributed by atoms with Crippen LogP contribution in [0.2, 0.25) is 0 Å². The molecule has 2 fully saturated rings. The Kier molecular flexibility index (Phi) is 2.58. The number of carbonyl (C=O) groups is 3. The zero-order chi connectivity index (χ0) is 13.8. The fraction of sp³-hybridized carbons (Fsp3) is 0.769. The molecule has 2 aliphatic carbocycles. The number of fused-ring (bicyclic) bond motifs is 2. The number of ether oxygens (including phenoxy) is 2. The monoisotopic (exact) mass is 254 g/mol. The third kappa shape index (κ3) is 1.15. The van der Waals surface area contributed by atoms with Crippen molar-refractivity contribution >= 4 is 17.7 Å². The molecule has 0 spiro atoms. The van der Waals surface area contributed by atoms with Crippen LogP contribution in [0.1, 0.15) is 33.1 Å². The zero-order valence-corrected chi connectivity index (χ0v) is 11.2. The first-order valence-corrected chi connectivity index (χ1v) is 6.00. The maximum Gasteiger partial charge on any atom is 0.319 e. The van der Waals surface area contributed by atoms with Crippen molar-refractivity contribution in [3.05, 3.63) is 0 Å². The molecule has 0 aromatic heterocycles.